The van der Waals surface area contributed by atoms with Gasteiger partial charge in [-0.3, -0.25) is 8.42 Å². The van der Waals surface area contributed by atoms with Gasteiger partial charge in [0, 0.05) is 70.8 Å². The first kappa shape index (κ1) is 35.1. The van der Waals surface area contributed by atoms with Crippen molar-refractivity contribution < 1.29 is 8.42 Å². The maximum atomic E-state index is 12.6. The molecule has 2 saturated heterocycles. The molecule has 2 atom stereocenters. The summed E-state index contributed by atoms with van der Waals surface area (Å²) in [4.78, 5) is 10.3. The van der Waals surface area contributed by atoms with Crippen molar-refractivity contribution in [3.8, 4) is 0 Å². The Morgan fingerprint density at radius 2 is 0.974 bits per heavy atom. The monoisotopic (exact) mass is 652 g/mol. The van der Waals surface area contributed by atoms with Crippen LogP contribution in [0.4, 0.5) is 0 Å². The van der Waals surface area contributed by atoms with Crippen LogP contribution < -0.4 is 0 Å². The number of likely N-dealkylation sites (N-methyl/N-ethyl adjacent to an activating group) is 2. The van der Waals surface area contributed by atoms with Gasteiger partial charge in [-0.15, -0.1) is 0 Å². The maximum absolute atomic E-state index is 12.6. The van der Waals surface area contributed by atoms with Crippen LogP contribution in [0.5, 0.6) is 0 Å². The molecular formula is C27H48N4O2S6. The molecule has 2 rings (SSSR count). The van der Waals surface area contributed by atoms with Gasteiger partial charge in [-0.25, -0.2) is 0 Å². The van der Waals surface area contributed by atoms with Crippen LogP contribution in [0, 0.1) is 10.8 Å². The van der Waals surface area contributed by atoms with Crippen molar-refractivity contribution in [2.24, 2.45) is 10.8 Å². The summed E-state index contributed by atoms with van der Waals surface area (Å²) in [5, 5.41) is 1.66. The Bertz CT molecular complexity index is 881. The van der Waals surface area contributed by atoms with E-state index in [1.807, 2.05) is 0 Å². The van der Waals surface area contributed by atoms with Gasteiger partial charge in [-0.1, -0.05) is 52.1 Å². The van der Waals surface area contributed by atoms with Crippen molar-refractivity contribution in [2.45, 2.75) is 73.6 Å². The third-order valence-corrected chi connectivity index (χ3v) is 12.0. The Labute approximate surface area is 263 Å². The van der Waals surface area contributed by atoms with Crippen LogP contribution >= 0.6 is 48.9 Å². The van der Waals surface area contributed by atoms with E-state index in [0.29, 0.717) is 23.0 Å². The van der Waals surface area contributed by atoms with Gasteiger partial charge < -0.3 is 19.6 Å². The summed E-state index contributed by atoms with van der Waals surface area (Å²) in [7, 11) is -1.74. The quantitative estimate of drug-likeness (QED) is 0.190. The third kappa shape index (κ3) is 11.2. The first-order valence-corrected chi connectivity index (χ1v) is 18.7. The van der Waals surface area contributed by atoms with Crippen LogP contribution in [0.2, 0.25) is 0 Å². The lowest BCUT2D eigenvalue weighted by atomic mass is 9.87. The van der Waals surface area contributed by atoms with Crippen LogP contribution in [0.25, 0.3) is 0 Å². The molecule has 0 aliphatic carbocycles. The summed E-state index contributed by atoms with van der Waals surface area (Å²) in [5.41, 5.74) is 0.0780. The summed E-state index contributed by atoms with van der Waals surface area (Å²) in [6.07, 6.45) is 4.50. The Hall–Kier alpha value is -0.140. The summed E-state index contributed by atoms with van der Waals surface area (Å²) in [5.74, 6) is 2.63. The van der Waals surface area contributed by atoms with Gasteiger partial charge in [0.05, 0.1) is 13.1 Å². The van der Waals surface area contributed by atoms with Crippen LogP contribution in [0.3, 0.4) is 0 Å². The fraction of sp³-hybridized carbons (Fsp3) is 0.852. The van der Waals surface area contributed by atoms with E-state index >= 15 is 0 Å². The molecule has 2 aliphatic heterocycles. The Morgan fingerprint density at radius 1 is 0.641 bits per heavy atom. The van der Waals surface area contributed by atoms with E-state index < -0.39 is 21.6 Å². The lowest BCUT2D eigenvalue weighted by Gasteiger charge is -2.31. The third-order valence-electron chi connectivity index (χ3n) is 7.39. The Morgan fingerprint density at radius 3 is 1.28 bits per heavy atom. The molecule has 0 N–H and O–H groups in total. The van der Waals surface area contributed by atoms with Gasteiger partial charge >= 0.3 is 0 Å². The molecule has 0 bridgehead atoms. The summed E-state index contributed by atoms with van der Waals surface area (Å²) in [6, 6.07) is 0. The normalized spacial score (nSPS) is 18.6. The van der Waals surface area contributed by atoms with Crippen LogP contribution in [-0.2, 0) is 21.6 Å². The lowest BCUT2D eigenvalue weighted by Crippen LogP contribution is -2.39. The van der Waals surface area contributed by atoms with Crippen LogP contribution in [-0.4, -0.2) is 110 Å². The molecule has 0 spiro atoms. The highest BCUT2D eigenvalue weighted by Crippen LogP contribution is 2.28. The summed E-state index contributed by atoms with van der Waals surface area (Å²) in [6.45, 7) is 17.9. The van der Waals surface area contributed by atoms with Crippen molar-refractivity contribution >= 4 is 90.7 Å². The van der Waals surface area contributed by atoms with Crippen molar-refractivity contribution in [3.05, 3.63) is 0 Å². The van der Waals surface area contributed by atoms with E-state index in [-0.39, 0.29) is 10.8 Å². The molecule has 224 valence electrons. The maximum Gasteiger partial charge on any atom is 0.176 e. The minimum absolute atomic E-state index is 0.0390. The molecule has 2 fully saturated rings. The molecule has 0 aromatic carbocycles. The Kier molecular flexibility index (Phi) is 14.3. The van der Waals surface area contributed by atoms with Crippen LogP contribution in [0.15, 0.2) is 0 Å². The second-order valence-electron chi connectivity index (χ2n) is 12.1. The highest BCUT2D eigenvalue weighted by atomic mass is 32.2. The van der Waals surface area contributed by atoms with Crippen molar-refractivity contribution in [3.63, 3.8) is 0 Å². The molecule has 39 heavy (non-hydrogen) atoms. The van der Waals surface area contributed by atoms with Gasteiger partial charge in [0.15, 0.2) is 10.2 Å². The summed E-state index contributed by atoms with van der Waals surface area (Å²) >= 11 is 22.3. The fourth-order valence-electron chi connectivity index (χ4n) is 5.02. The number of rotatable bonds is 18. The largest absolute Gasteiger partial charge is 0.342 e. The van der Waals surface area contributed by atoms with E-state index in [4.69, 9.17) is 48.9 Å². The topological polar surface area (TPSA) is 47.1 Å². The minimum atomic E-state index is -0.871. The van der Waals surface area contributed by atoms with Crippen molar-refractivity contribution in [1.29, 1.82) is 0 Å². The number of nitrogens with zero attached hydrogens (tertiary/aromatic N) is 4. The molecule has 2 aliphatic rings. The number of hydrogen-bond acceptors (Lipinski definition) is 6. The molecule has 6 nitrogen and oxygen atoms in total. The SMILES string of the molecule is CCN1CC(=S)N(CC(C)(C)CCCS(=O)CCCS(=O)CCCC(C)(C)CN2C(=S)CN(CC)C2=S)C1=S. The second kappa shape index (κ2) is 15.9. The fourth-order valence-corrected chi connectivity index (χ4v) is 8.94. The molecule has 2 unspecified atom stereocenters. The minimum Gasteiger partial charge on any atom is -0.342 e. The first-order valence-electron chi connectivity index (χ1n) is 14.1. The van der Waals surface area contributed by atoms with Crippen LogP contribution in [0.1, 0.15) is 73.6 Å². The zero-order chi connectivity index (χ0) is 29.4. The van der Waals surface area contributed by atoms with Gasteiger partial charge in [0.25, 0.3) is 0 Å². The average molecular weight is 653 g/mol. The molecule has 12 heteroatoms. The van der Waals surface area contributed by atoms with Crippen molar-refractivity contribution in [2.75, 3.05) is 62.3 Å². The molecule has 0 aromatic heterocycles. The van der Waals surface area contributed by atoms with E-state index in [0.717, 1.165) is 91.6 Å². The van der Waals surface area contributed by atoms with E-state index in [1.165, 1.54) is 0 Å². The summed E-state index contributed by atoms with van der Waals surface area (Å²) < 4.78 is 25.1. The molecule has 0 saturated carbocycles. The smallest absolute Gasteiger partial charge is 0.176 e. The van der Waals surface area contributed by atoms with E-state index in [1.54, 1.807) is 0 Å². The van der Waals surface area contributed by atoms with Gasteiger partial charge in [0.1, 0.15) is 9.98 Å². The average Bonchev–Trinajstić information content (AvgIpc) is 3.27. The molecular weight excluding hydrogens is 605 g/mol. The molecule has 2 heterocycles. The van der Waals surface area contributed by atoms with Gasteiger partial charge in [-0.2, -0.15) is 0 Å². The van der Waals surface area contributed by atoms with Gasteiger partial charge in [-0.05, 0) is 81.2 Å². The molecule has 0 amide bonds. The van der Waals surface area contributed by atoms with E-state index in [9.17, 15) is 8.42 Å². The van der Waals surface area contributed by atoms with Crippen molar-refractivity contribution in [1.82, 2.24) is 19.6 Å². The molecule has 0 aromatic rings. The zero-order valence-corrected chi connectivity index (χ0v) is 29.6. The Balaban J connectivity index is 1.60. The predicted molar refractivity (Wildman–Crippen MR) is 185 cm³/mol. The molecule has 0 radical (unpaired) electrons. The highest BCUT2D eigenvalue weighted by Gasteiger charge is 2.34. The standard InChI is InChI=1S/C27H48N4O2S6/c1-7-28-18-22(34)30(24(28)36)20-26(3,4)12-9-14-38(32)16-11-17-39(33)15-10-13-27(5,6)21-31-23(35)19-29(8-2)25(31)37/h7-21H2,1-6H3. The van der Waals surface area contributed by atoms with Gasteiger partial charge in [0.2, 0.25) is 0 Å². The lowest BCUT2D eigenvalue weighted by molar-refractivity contribution is 0.283. The highest BCUT2D eigenvalue weighted by molar-refractivity contribution is 7.86. The predicted octanol–water partition coefficient (Wildman–Crippen LogP) is 4.99. The number of thiocarbonyl (C=S) groups is 4. The van der Waals surface area contributed by atoms with E-state index in [2.05, 4.69) is 61.1 Å². The number of hydrogen-bond donors (Lipinski definition) is 0. The zero-order valence-electron chi connectivity index (χ0n) is 24.7. The first-order chi connectivity index (χ1) is 18.2. The second-order valence-corrected chi connectivity index (χ2v) is 17.2.